The first kappa shape index (κ1) is 19.9. The van der Waals surface area contributed by atoms with E-state index < -0.39 is 33.1 Å². The standard InChI is InChI=1S/C15H22N2O6S/c1-14(2,3)12(18)23-17(13(19)22-15(4,5)6)24(20,21)11-8-7-9-16-10-11/h7-10H,1-6H3. The number of amides is 1. The Morgan fingerprint density at radius 1 is 1.12 bits per heavy atom. The predicted molar refractivity (Wildman–Crippen MR) is 85.0 cm³/mol. The highest BCUT2D eigenvalue weighted by Crippen LogP contribution is 2.23. The minimum Gasteiger partial charge on any atom is -0.441 e. The summed E-state index contributed by atoms with van der Waals surface area (Å²) in [5, 5.41) is 0. The lowest BCUT2D eigenvalue weighted by Crippen LogP contribution is -2.44. The van der Waals surface area contributed by atoms with Crippen LogP contribution in [0.1, 0.15) is 41.5 Å². The second kappa shape index (κ2) is 6.76. The molecule has 0 fully saturated rings. The van der Waals surface area contributed by atoms with Gasteiger partial charge >= 0.3 is 22.1 Å². The van der Waals surface area contributed by atoms with Crippen molar-refractivity contribution < 1.29 is 27.6 Å². The minimum atomic E-state index is -4.47. The number of hydroxylamine groups is 1. The number of ether oxygens (including phenoxy) is 1. The summed E-state index contributed by atoms with van der Waals surface area (Å²) in [6.07, 6.45) is 1.10. The lowest BCUT2D eigenvalue weighted by molar-refractivity contribution is -0.176. The zero-order valence-electron chi connectivity index (χ0n) is 14.6. The summed E-state index contributed by atoms with van der Waals surface area (Å²) in [4.78, 5) is 32.6. The number of hydrogen-bond acceptors (Lipinski definition) is 7. The highest BCUT2D eigenvalue weighted by atomic mass is 32.2. The maximum atomic E-state index is 12.6. The van der Waals surface area contributed by atoms with E-state index in [4.69, 9.17) is 9.57 Å². The molecule has 9 heteroatoms. The fourth-order valence-electron chi connectivity index (χ4n) is 1.29. The van der Waals surface area contributed by atoms with Crippen molar-refractivity contribution in [3.63, 3.8) is 0 Å². The molecular weight excluding hydrogens is 336 g/mol. The van der Waals surface area contributed by atoms with Crippen LogP contribution in [0.2, 0.25) is 0 Å². The molecule has 0 spiro atoms. The highest BCUT2D eigenvalue weighted by Gasteiger charge is 2.39. The third kappa shape index (κ3) is 5.19. The van der Waals surface area contributed by atoms with Crippen molar-refractivity contribution in [3.8, 4) is 0 Å². The normalized spacial score (nSPS) is 12.4. The molecule has 0 unspecified atom stereocenters. The van der Waals surface area contributed by atoms with Gasteiger partial charge in [0.05, 0.1) is 5.41 Å². The van der Waals surface area contributed by atoms with E-state index in [9.17, 15) is 18.0 Å². The maximum Gasteiger partial charge on any atom is 0.459 e. The molecule has 0 aliphatic heterocycles. The van der Waals surface area contributed by atoms with Gasteiger partial charge in [0, 0.05) is 12.4 Å². The molecule has 0 atom stereocenters. The van der Waals surface area contributed by atoms with E-state index in [-0.39, 0.29) is 9.36 Å². The summed E-state index contributed by atoms with van der Waals surface area (Å²) in [5.74, 6) is -0.902. The van der Waals surface area contributed by atoms with Crippen molar-refractivity contribution in [1.29, 1.82) is 0 Å². The third-order valence-electron chi connectivity index (χ3n) is 2.47. The molecule has 0 bridgehead atoms. The Morgan fingerprint density at radius 2 is 1.71 bits per heavy atom. The van der Waals surface area contributed by atoms with E-state index in [2.05, 4.69) is 4.98 Å². The minimum absolute atomic E-state index is 0.0388. The average Bonchev–Trinajstić information content (AvgIpc) is 2.42. The number of sulfonamides is 1. The Morgan fingerprint density at radius 3 is 2.12 bits per heavy atom. The first-order valence-electron chi connectivity index (χ1n) is 7.16. The van der Waals surface area contributed by atoms with Gasteiger partial charge in [-0.15, -0.1) is 0 Å². The van der Waals surface area contributed by atoms with E-state index in [0.29, 0.717) is 0 Å². The van der Waals surface area contributed by atoms with Gasteiger partial charge in [0.2, 0.25) is 0 Å². The summed E-state index contributed by atoms with van der Waals surface area (Å²) in [6, 6.07) is 2.61. The van der Waals surface area contributed by atoms with Crippen molar-refractivity contribution in [2.45, 2.75) is 52.0 Å². The van der Waals surface area contributed by atoms with E-state index in [1.807, 2.05) is 0 Å². The molecule has 0 saturated carbocycles. The molecule has 0 aromatic carbocycles. The van der Waals surface area contributed by atoms with Gasteiger partial charge in [0.25, 0.3) is 0 Å². The molecule has 1 aromatic heterocycles. The Balaban J connectivity index is 3.28. The van der Waals surface area contributed by atoms with Gasteiger partial charge in [-0.3, -0.25) is 4.98 Å². The van der Waals surface area contributed by atoms with Crippen LogP contribution in [0.4, 0.5) is 4.79 Å². The first-order valence-corrected chi connectivity index (χ1v) is 8.60. The van der Waals surface area contributed by atoms with Crippen molar-refractivity contribution >= 4 is 22.1 Å². The second-order valence-electron chi connectivity index (χ2n) is 7.03. The maximum absolute atomic E-state index is 12.6. The molecule has 1 amide bonds. The van der Waals surface area contributed by atoms with Gasteiger partial charge in [-0.05, 0) is 58.1 Å². The smallest absolute Gasteiger partial charge is 0.441 e. The quantitative estimate of drug-likeness (QED) is 0.748. The van der Waals surface area contributed by atoms with Gasteiger partial charge in [-0.1, -0.05) is 0 Å². The predicted octanol–water partition coefficient (Wildman–Crippen LogP) is 2.51. The first-order chi connectivity index (χ1) is 10.7. The topological polar surface area (TPSA) is 103 Å². The number of hydrogen-bond donors (Lipinski definition) is 0. The summed E-state index contributed by atoms with van der Waals surface area (Å²) >= 11 is 0. The Hall–Kier alpha value is -2.16. The molecule has 0 radical (unpaired) electrons. The molecule has 0 N–H and O–H groups in total. The monoisotopic (exact) mass is 358 g/mol. The molecule has 1 heterocycles. The zero-order chi connectivity index (χ0) is 18.8. The van der Waals surface area contributed by atoms with Gasteiger partial charge in [-0.25, -0.2) is 9.59 Å². The lowest BCUT2D eigenvalue weighted by Gasteiger charge is -2.27. The Kier molecular flexibility index (Phi) is 5.60. The number of aromatic nitrogens is 1. The molecule has 1 rings (SSSR count). The van der Waals surface area contributed by atoms with Gasteiger partial charge in [0.1, 0.15) is 10.5 Å². The molecule has 134 valence electrons. The van der Waals surface area contributed by atoms with Crippen LogP contribution in [0.15, 0.2) is 29.4 Å². The number of carbonyl (C=O) groups is 2. The lowest BCUT2D eigenvalue weighted by atomic mass is 9.98. The van der Waals surface area contributed by atoms with Crippen LogP contribution in [-0.2, 0) is 24.4 Å². The zero-order valence-corrected chi connectivity index (χ0v) is 15.4. The molecule has 8 nitrogen and oxygen atoms in total. The number of nitrogens with zero attached hydrogens (tertiary/aromatic N) is 2. The number of pyridine rings is 1. The number of carbonyl (C=O) groups excluding carboxylic acids is 2. The molecule has 0 aliphatic rings. The van der Waals surface area contributed by atoms with Gasteiger partial charge in [-0.2, -0.15) is 8.42 Å². The van der Waals surface area contributed by atoms with Crippen LogP contribution >= 0.6 is 0 Å². The molecule has 0 aliphatic carbocycles. The molecule has 0 saturated heterocycles. The Labute approximate surface area is 141 Å². The van der Waals surface area contributed by atoms with Crippen LogP contribution in [0.25, 0.3) is 0 Å². The molecule has 1 aromatic rings. The summed E-state index contributed by atoms with van der Waals surface area (Å²) < 4.78 is 30.3. The SMILES string of the molecule is CC(C)(C)OC(=O)N(OC(=O)C(C)(C)C)S(=O)(=O)c1cccnc1. The van der Waals surface area contributed by atoms with Crippen molar-refractivity contribution in [2.75, 3.05) is 0 Å². The highest BCUT2D eigenvalue weighted by molar-refractivity contribution is 7.89. The summed E-state index contributed by atoms with van der Waals surface area (Å²) in [5.41, 5.74) is -2.00. The van der Waals surface area contributed by atoms with Crippen LogP contribution in [0.3, 0.4) is 0 Å². The largest absolute Gasteiger partial charge is 0.459 e. The van der Waals surface area contributed by atoms with Gasteiger partial charge < -0.3 is 9.57 Å². The Bertz CT molecular complexity index is 702. The van der Waals surface area contributed by atoms with Gasteiger partial charge in [0.15, 0.2) is 0 Å². The molecule has 24 heavy (non-hydrogen) atoms. The van der Waals surface area contributed by atoms with Crippen LogP contribution in [0, 0.1) is 5.41 Å². The van der Waals surface area contributed by atoms with E-state index in [1.165, 1.54) is 39.1 Å². The van der Waals surface area contributed by atoms with Crippen molar-refractivity contribution in [1.82, 2.24) is 9.45 Å². The van der Waals surface area contributed by atoms with Crippen molar-refractivity contribution in [3.05, 3.63) is 24.5 Å². The van der Waals surface area contributed by atoms with E-state index >= 15 is 0 Å². The van der Waals surface area contributed by atoms with Crippen LogP contribution in [0.5, 0.6) is 0 Å². The van der Waals surface area contributed by atoms with E-state index in [1.54, 1.807) is 20.8 Å². The summed E-state index contributed by atoms with van der Waals surface area (Å²) in [7, 11) is -4.47. The fraction of sp³-hybridized carbons (Fsp3) is 0.533. The van der Waals surface area contributed by atoms with E-state index in [0.717, 1.165) is 6.20 Å². The average molecular weight is 358 g/mol. The number of rotatable bonds is 2. The second-order valence-corrected chi connectivity index (χ2v) is 8.78. The fourth-order valence-corrected chi connectivity index (χ4v) is 2.33. The van der Waals surface area contributed by atoms with Crippen LogP contribution < -0.4 is 0 Å². The third-order valence-corrected chi connectivity index (χ3v) is 3.97. The summed E-state index contributed by atoms with van der Waals surface area (Å²) in [6.45, 7) is 9.26. The molecular formula is C15H22N2O6S. The van der Waals surface area contributed by atoms with Crippen molar-refractivity contribution in [2.24, 2.45) is 5.41 Å². The van der Waals surface area contributed by atoms with Crippen LogP contribution in [-0.4, -0.2) is 35.5 Å².